The lowest BCUT2D eigenvalue weighted by molar-refractivity contribution is -0.143. The van der Waals surface area contributed by atoms with E-state index in [0.717, 1.165) is 30.0 Å². The standard InChI is InChI=1S/C16H19NO4/c18-16(19)15-12-3-1-2-11(12)8-17(15)7-10-4-5-13-14(6-10)21-9-20-13/h4-6,11-12,15H,1-3,7-9H2,(H,18,19). The number of carboxylic acid groups (broad SMARTS) is 1. The fourth-order valence-corrected chi connectivity index (χ4v) is 4.17. The molecule has 21 heavy (non-hydrogen) atoms. The summed E-state index contributed by atoms with van der Waals surface area (Å²) in [6.45, 7) is 1.83. The van der Waals surface area contributed by atoms with Gasteiger partial charge in [-0.3, -0.25) is 9.69 Å². The molecular weight excluding hydrogens is 270 g/mol. The Morgan fingerprint density at radius 1 is 1.29 bits per heavy atom. The van der Waals surface area contributed by atoms with Gasteiger partial charge in [0.2, 0.25) is 6.79 Å². The lowest BCUT2D eigenvalue weighted by atomic mass is 9.94. The molecular formula is C16H19NO4. The second kappa shape index (κ2) is 4.91. The summed E-state index contributed by atoms with van der Waals surface area (Å²) in [4.78, 5) is 13.8. The molecule has 1 saturated heterocycles. The van der Waals surface area contributed by atoms with Crippen LogP contribution >= 0.6 is 0 Å². The second-order valence-electron chi connectivity index (χ2n) is 6.25. The Labute approximate surface area is 123 Å². The van der Waals surface area contributed by atoms with Crippen molar-refractivity contribution >= 4 is 5.97 Å². The van der Waals surface area contributed by atoms with Crippen molar-refractivity contribution in [2.45, 2.75) is 31.8 Å². The highest BCUT2D eigenvalue weighted by molar-refractivity contribution is 5.74. The Morgan fingerprint density at radius 3 is 3.00 bits per heavy atom. The number of rotatable bonds is 3. The third-order valence-electron chi connectivity index (χ3n) is 5.06. The zero-order valence-corrected chi connectivity index (χ0v) is 11.8. The lowest BCUT2D eigenvalue weighted by Gasteiger charge is -2.24. The molecule has 2 fully saturated rings. The van der Waals surface area contributed by atoms with Gasteiger partial charge in [0.1, 0.15) is 6.04 Å². The van der Waals surface area contributed by atoms with E-state index >= 15 is 0 Å². The molecule has 0 bridgehead atoms. The average molecular weight is 289 g/mol. The molecule has 1 aromatic rings. The van der Waals surface area contributed by atoms with Gasteiger partial charge in [0.05, 0.1) is 0 Å². The van der Waals surface area contributed by atoms with E-state index in [4.69, 9.17) is 9.47 Å². The van der Waals surface area contributed by atoms with Crippen LogP contribution in [0.4, 0.5) is 0 Å². The van der Waals surface area contributed by atoms with Crippen molar-refractivity contribution in [3.63, 3.8) is 0 Å². The van der Waals surface area contributed by atoms with Crippen LogP contribution < -0.4 is 9.47 Å². The van der Waals surface area contributed by atoms with Crippen LogP contribution in [0.2, 0.25) is 0 Å². The number of carboxylic acids is 1. The van der Waals surface area contributed by atoms with Crippen LogP contribution in [0.15, 0.2) is 18.2 Å². The topological polar surface area (TPSA) is 59.0 Å². The van der Waals surface area contributed by atoms with Crippen molar-refractivity contribution < 1.29 is 19.4 Å². The van der Waals surface area contributed by atoms with Gasteiger partial charge in [-0.05, 0) is 42.4 Å². The van der Waals surface area contributed by atoms with Crippen molar-refractivity contribution in [3.05, 3.63) is 23.8 Å². The summed E-state index contributed by atoms with van der Waals surface area (Å²) < 4.78 is 10.7. The Hall–Kier alpha value is -1.75. The van der Waals surface area contributed by atoms with E-state index in [2.05, 4.69) is 4.90 Å². The normalized spacial score (nSPS) is 30.6. The van der Waals surface area contributed by atoms with E-state index in [9.17, 15) is 9.90 Å². The van der Waals surface area contributed by atoms with Crippen molar-refractivity contribution in [2.24, 2.45) is 11.8 Å². The van der Waals surface area contributed by atoms with Gasteiger partial charge in [0, 0.05) is 13.1 Å². The van der Waals surface area contributed by atoms with Crippen LogP contribution in [0.1, 0.15) is 24.8 Å². The third-order valence-corrected chi connectivity index (χ3v) is 5.06. The molecule has 0 aromatic heterocycles. The molecule has 0 spiro atoms. The van der Waals surface area contributed by atoms with Gasteiger partial charge in [0.15, 0.2) is 11.5 Å². The van der Waals surface area contributed by atoms with Crippen LogP contribution in [0.3, 0.4) is 0 Å². The summed E-state index contributed by atoms with van der Waals surface area (Å²) in [6, 6.07) is 5.54. The lowest BCUT2D eigenvalue weighted by Crippen LogP contribution is -2.39. The first-order valence-electron chi connectivity index (χ1n) is 7.58. The number of fused-ring (bicyclic) bond motifs is 2. The molecule has 1 aromatic carbocycles. The predicted molar refractivity (Wildman–Crippen MR) is 75.2 cm³/mol. The van der Waals surface area contributed by atoms with Gasteiger partial charge in [-0.15, -0.1) is 0 Å². The van der Waals surface area contributed by atoms with Crippen molar-refractivity contribution in [3.8, 4) is 11.5 Å². The Bertz CT molecular complexity index is 573. The molecule has 5 heteroatoms. The zero-order chi connectivity index (χ0) is 14.4. The quantitative estimate of drug-likeness (QED) is 0.923. The first-order chi connectivity index (χ1) is 10.2. The van der Waals surface area contributed by atoms with Gasteiger partial charge >= 0.3 is 5.97 Å². The Morgan fingerprint density at radius 2 is 2.14 bits per heavy atom. The number of ether oxygens (including phenoxy) is 2. The summed E-state index contributed by atoms with van der Waals surface area (Å²) in [6.07, 6.45) is 3.41. The summed E-state index contributed by atoms with van der Waals surface area (Å²) in [5.41, 5.74) is 1.09. The molecule has 0 radical (unpaired) electrons. The molecule has 5 nitrogen and oxygen atoms in total. The number of nitrogens with zero attached hydrogens (tertiary/aromatic N) is 1. The van der Waals surface area contributed by atoms with Crippen LogP contribution in [0.25, 0.3) is 0 Å². The highest BCUT2D eigenvalue weighted by Gasteiger charge is 2.47. The fraction of sp³-hybridized carbons (Fsp3) is 0.562. The van der Waals surface area contributed by atoms with Crippen molar-refractivity contribution in [2.75, 3.05) is 13.3 Å². The first-order valence-corrected chi connectivity index (χ1v) is 7.58. The maximum Gasteiger partial charge on any atom is 0.321 e. The van der Waals surface area contributed by atoms with Crippen LogP contribution in [0.5, 0.6) is 11.5 Å². The van der Waals surface area contributed by atoms with E-state index in [-0.39, 0.29) is 12.8 Å². The highest BCUT2D eigenvalue weighted by atomic mass is 16.7. The van der Waals surface area contributed by atoms with E-state index < -0.39 is 5.97 Å². The maximum absolute atomic E-state index is 11.6. The molecule has 1 aliphatic carbocycles. The van der Waals surface area contributed by atoms with E-state index in [0.29, 0.717) is 18.4 Å². The Balaban J connectivity index is 1.54. The molecule has 1 saturated carbocycles. The summed E-state index contributed by atoms with van der Waals surface area (Å²) in [7, 11) is 0. The van der Waals surface area contributed by atoms with E-state index in [1.807, 2.05) is 18.2 Å². The molecule has 3 aliphatic rings. The van der Waals surface area contributed by atoms with Crippen LogP contribution in [-0.2, 0) is 11.3 Å². The van der Waals surface area contributed by atoms with Gasteiger partial charge in [-0.2, -0.15) is 0 Å². The first kappa shape index (κ1) is 13.0. The number of aliphatic carboxylic acids is 1. The van der Waals surface area contributed by atoms with E-state index in [1.54, 1.807) is 0 Å². The minimum Gasteiger partial charge on any atom is -0.480 e. The maximum atomic E-state index is 11.6. The predicted octanol–water partition coefficient (Wildman–Crippen LogP) is 2.10. The van der Waals surface area contributed by atoms with Gasteiger partial charge < -0.3 is 14.6 Å². The number of likely N-dealkylation sites (tertiary alicyclic amines) is 1. The SMILES string of the molecule is O=C(O)C1C2CCCC2CN1Cc1ccc2c(c1)OCO2. The fourth-order valence-electron chi connectivity index (χ4n) is 4.17. The van der Waals surface area contributed by atoms with Crippen LogP contribution in [0, 0.1) is 11.8 Å². The zero-order valence-electron chi connectivity index (χ0n) is 11.8. The minimum absolute atomic E-state index is 0.268. The molecule has 2 aliphatic heterocycles. The Kier molecular flexibility index (Phi) is 3.03. The minimum atomic E-state index is -0.676. The molecule has 3 atom stereocenters. The monoisotopic (exact) mass is 289 g/mol. The summed E-state index contributed by atoms with van der Waals surface area (Å²) in [5, 5.41) is 9.58. The molecule has 4 rings (SSSR count). The molecule has 2 heterocycles. The highest BCUT2D eigenvalue weighted by Crippen LogP contribution is 2.43. The molecule has 3 unspecified atom stereocenters. The van der Waals surface area contributed by atoms with Gasteiger partial charge in [-0.1, -0.05) is 12.5 Å². The number of hydrogen-bond acceptors (Lipinski definition) is 4. The van der Waals surface area contributed by atoms with Gasteiger partial charge in [-0.25, -0.2) is 0 Å². The smallest absolute Gasteiger partial charge is 0.321 e. The summed E-state index contributed by atoms with van der Waals surface area (Å²) in [5.74, 6) is 1.74. The second-order valence-corrected chi connectivity index (χ2v) is 6.25. The third kappa shape index (κ3) is 2.16. The molecule has 112 valence electrons. The largest absolute Gasteiger partial charge is 0.480 e. The molecule has 1 N–H and O–H groups in total. The number of hydrogen-bond donors (Lipinski definition) is 1. The number of carbonyl (C=O) groups is 1. The van der Waals surface area contributed by atoms with Crippen LogP contribution in [-0.4, -0.2) is 35.4 Å². The molecule has 0 amide bonds. The van der Waals surface area contributed by atoms with Crippen molar-refractivity contribution in [1.82, 2.24) is 4.90 Å². The average Bonchev–Trinajstić information content (AvgIpc) is 3.11. The van der Waals surface area contributed by atoms with Gasteiger partial charge in [0.25, 0.3) is 0 Å². The van der Waals surface area contributed by atoms with E-state index in [1.165, 1.54) is 12.8 Å². The number of benzene rings is 1. The van der Waals surface area contributed by atoms with Crippen molar-refractivity contribution in [1.29, 1.82) is 0 Å². The summed E-state index contributed by atoms with van der Waals surface area (Å²) >= 11 is 0.